The summed E-state index contributed by atoms with van der Waals surface area (Å²) in [5.41, 5.74) is -0.219. The topological polar surface area (TPSA) is 104 Å². The molecule has 24 heavy (non-hydrogen) atoms. The second-order valence-corrected chi connectivity index (χ2v) is 7.90. The summed E-state index contributed by atoms with van der Waals surface area (Å²) in [6.45, 7) is 2.33. The van der Waals surface area contributed by atoms with Gasteiger partial charge in [-0.05, 0) is 30.5 Å². The van der Waals surface area contributed by atoms with Crippen LogP contribution in [-0.2, 0) is 14.8 Å². The van der Waals surface area contributed by atoms with E-state index in [0.717, 1.165) is 18.4 Å². The number of carbonyl (C=O) groups excluding carboxylic acids is 1. The third-order valence-electron chi connectivity index (χ3n) is 3.80. The van der Waals surface area contributed by atoms with E-state index in [-0.39, 0.29) is 23.7 Å². The van der Waals surface area contributed by atoms with Gasteiger partial charge in [-0.3, -0.25) is 14.3 Å². The lowest BCUT2D eigenvalue weighted by Gasteiger charge is -2.34. The number of hydrogen-bond acceptors (Lipinski definition) is 4. The SMILES string of the molecule is CC1CC(C(=O)O)CN(C(=O)c2ccc(F)c(NS(C)(=O)=O)c2)C1. The molecule has 2 atom stereocenters. The summed E-state index contributed by atoms with van der Waals surface area (Å²) in [6, 6.07) is 3.37. The number of rotatable bonds is 4. The number of amides is 1. The number of benzene rings is 1. The maximum atomic E-state index is 13.7. The molecule has 1 aliphatic rings. The van der Waals surface area contributed by atoms with E-state index in [1.54, 1.807) is 0 Å². The zero-order chi connectivity index (χ0) is 18.1. The van der Waals surface area contributed by atoms with E-state index < -0.39 is 33.6 Å². The molecular formula is C15H19FN2O5S. The number of hydrogen-bond donors (Lipinski definition) is 2. The highest BCUT2D eigenvalue weighted by atomic mass is 32.2. The van der Waals surface area contributed by atoms with E-state index >= 15 is 0 Å². The number of likely N-dealkylation sites (tertiary alicyclic amines) is 1. The van der Waals surface area contributed by atoms with Crippen molar-refractivity contribution in [2.24, 2.45) is 11.8 Å². The van der Waals surface area contributed by atoms with Crippen molar-refractivity contribution in [2.75, 3.05) is 24.1 Å². The maximum absolute atomic E-state index is 13.7. The first-order valence-electron chi connectivity index (χ1n) is 7.36. The number of anilines is 1. The molecule has 2 N–H and O–H groups in total. The largest absolute Gasteiger partial charge is 0.481 e. The summed E-state index contributed by atoms with van der Waals surface area (Å²) in [4.78, 5) is 25.2. The van der Waals surface area contributed by atoms with Gasteiger partial charge < -0.3 is 10.0 Å². The molecular weight excluding hydrogens is 339 g/mol. The van der Waals surface area contributed by atoms with Crippen LogP contribution in [0.3, 0.4) is 0 Å². The number of carboxylic acid groups (broad SMARTS) is 1. The number of nitrogens with one attached hydrogen (secondary N) is 1. The number of halogens is 1. The van der Waals surface area contributed by atoms with Crippen LogP contribution in [0.2, 0.25) is 0 Å². The molecule has 1 saturated heterocycles. The van der Waals surface area contributed by atoms with Gasteiger partial charge in [0.05, 0.1) is 17.9 Å². The van der Waals surface area contributed by atoms with Crippen LogP contribution in [0.1, 0.15) is 23.7 Å². The Morgan fingerprint density at radius 1 is 1.33 bits per heavy atom. The van der Waals surface area contributed by atoms with Gasteiger partial charge in [-0.1, -0.05) is 6.92 Å². The molecule has 0 bridgehead atoms. The lowest BCUT2D eigenvalue weighted by molar-refractivity contribution is -0.143. The summed E-state index contributed by atoms with van der Waals surface area (Å²) in [6.07, 6.45) is 1.37. The predicted octanol–water partition coefficient (Wildman–Crippen LogP) is 1.38. The second-order valence-electron chi connectivity index (χ2n) is 6.16. The fraction of sp³-hybridized carbons (Fsp3) is 0.467. The van der Waals surface area contributed by atoms with Crippen LogP contribution < -0.4 is 4.72 Å². The fourth-order valence-corrected chi connectivity index (χ4v) is 3.37. The van der Waals surface area contributed by atoms with Crippen molar-refractivity contribution in [1.82, 2.24) is 4.90 Å². The van der Waals surface area contributed by atoms with Gasteiger partial charge in [-0.2, -0.15) is 0 Å². The molecule has 1 fully saturated rings. The molecule has 7 nitrogen and oxygen atoms in total. The van der Waals surface area contributed by atoms with Gasteiger partial charge in [-0.25, -0.2) is 12.8 Å². The third kappa shape index (κ3) is 4.44. The molecule has 0 aromatic heterocycles. The third-order valence-corrected chi connectivity index (χ3v) is 4.40. The Kier molecular flexibility index (Phi) is 5.12. The van der Waals surface area contributed by atoms with Crippen molar-refractivity contribution in [1.29, 1.82) is 0 Å². The number of aliphatic carboxylic acids is 1. The minimum atomic E-state index is -3.69. The molecule has 0 radical (unpaired) electrons. The Morgan fingerprint density at radius 3 is 2.58 bits per heavy atom. The van der Waals surface area contributed by atoms with Gasteiger partial charge in [0.15, 0.2) is 0 Å². The Morgan fingerprint density at radius 2 is 2.00 bits per heavy atom. The average Bonchev–Trinajstić information content (AvgIpc) is 2.46. The molecule has 132 valence electrons. The molecule has 1 aromatic carbocycles. The zero-order valence-electron chi connectivity index (χ0n) is 13.3. The molecule has 0 spiro atoms. The Hall–Kier alpha value is -2.16. The summed E-state index contributed by atoms with van der Waals surface area (Å²) in [5.74, 6) is -2.83. The predicted molar refractivity (Wildman–Crippen MR) is 85.7 cm³/mol. The summed E-state index contributed by atoms with van der Waals surface area (Å²) in [5, 5.41) is 9.17. The Bertz CT molecular complexity index is 765. The molecule has 1 amide bonds. The molecule has 0 saturated carbocycles. The van der Waals surface area contributed by atoms with Gasteiger partial charge in [0.1, 0.15) is 5.82 Å². The van der Waals surface area contributed by atoms with Crippen molar-refractivity contribution in [3.05, 3.63) is 29.6 Å². The van der Waals surface area contributed by atoms with Gasteiger partial charge >= 0.3 is 5.97 Å². The summed E-state index contributed by atoms with van der Waals surface area (Å²) < 4.78 is 38.2. The number of piperidine rings is 1. The second kappa shape index (κ2) is 6.76. The van der Waals surface area contributed by atoms with E-state index in [9.17, 15) is 27.5 Å². The van der Waals surface area contributed by atoms with Crippen molar-refractivity contribution in [3.63, 3.8) is 0 Å². The molecule has 1 heterocycles. The lowest BCUT2D eigenvalue weighted by atomic mass is 9.90. The minimum Gasteiger partial charge on any atom is -0.481 e. The normalized spacial score (nSPS) is 21.4. The lowest BCUT2D eigenvalue weighted by Crippen LogP contribution is -2.45. The van der Waals surface area contributed by atoms with E-state index in [4.69, 9.17) is 0 Å². The van der Waals surface area contributed by atoms with Gasteiger partial charge in [0, 0.05) is 18.7 Å². The Balaban J connectivity index is 2.26. The van der Waals surface area contributed by atoms with Crippen LogP contribution in [0, 0.1) is 17.7 Å². The highest BCUT2D eigenvalue weighted by molar-refractivity contribution is 7.92. The highest BCUT2D eigenvalue weighted by Gasteiger charge is 2.32. The van der Waals surface area contributed by atoms with Crippen LogP contribution in [0.15, 0.2) is 18.2 Å². The van der Waals surface area contributed by atoms with Crippen LogP contribution in [0.25, 0.3) is 0 Å². The molecule has 2 unspecified atom stereocenters. The number of nitrogens with zero attached hydrogens (tertiary/aromatic N) is 1. The first-order chi connectivity index (χ1) is 11.1. The van der Waals surface area contributed by atoms with Gasteiger partial charge in [-0.15, -0.1) is 0 Å². The fourth-order valence-electron chi connectivity index (χ4n) is 2.82. The quantitative estimate of drug-likeness (QED) is 0.846. The van der Waals surface area contributed by atoms with Gasteiger partial charge in [0.2, 0.25) is 10.0 Å². The monoisotopic (exact) mass is 358 g/mol. The number of carboxylic acids is 1. The minimum absolute atomic E-state index is 0.0258. The first kappa shape index (κ1) is 18.2. The first-order valence-corrected chi connectivity index (χ1v) is 9.25. The van der Waals surface area contributed by atoms with Gasteiger partial charge in [0.25, 0.3) is 5.91 Å². The molecule has 2 rings (SSSR count). The van der Waals surface area contributed by atoms with Crippen LogP contribution in [-0.4, -0.2) is 49.6 Å². The van der Waals surface area contributed by atoms with E-state index in [1.807, 2.05) is 11.6 Å². The van der Waals surface area contributed by atoms with Crippen molar-refractivity contribution in [2.45, 2.75) is 13.3 Å². The molecule has 0 aliphatic carbocycles. The molecule has 1 aromatic rings. The van der Waals surface area contributed by atoms with Crippen LogP contribution >= 0.6 is 0 Å². The zero-order valence-corrected chi connectivity index (χ0v) is 14.1. The highest BCUT2D eigenvalue weighted by Crippen LogP contribution is 2.25. The van der Waals surface area contributed by atoms with Crippen molar-refractivity contribution < 1.29 is 27.5 Å². The van der Waals surface area contributed by atoms with Crippen molar-refractivity contribution >= 4 is 27.6 Å². The summed E-state index contributed by atoms with van der Waals surface area (Å²) in [7, 11) is -3.69. The maximum Gasteiger partial charge on any atom is 0.308 e. The summed E-state index contributed by atoms with van der Waals surface area (Å²) >= 11 is 0. The van der Waals surface area contributed by atoms with E-state index in [1.165, 1.54) is 11.0 Å². The number of carbonyl (C=O) groups is 2. The number of sulfonamides is 1. The average molecular weight is 358 g/mol. The molecule has 9 heteroatoms. The molecule has 1 aliphatic heterocycles. The standard InChI is InChI=1S/C15H19FN2O5S/c1-9-5-11(15(20)21)8-18(7-9)14(19)10-3-4-12(16)13(6-10)17-24(2,22)23/h3-4,6,9,11,17H,5,7-8H2,1-2H3,(H,20,21). The van der Waals surface area contributed by atoms with Crippen molar-refractivity contribution in [3.8, 4) is 0 Å². The smallest absolute Gasteiger partial charge is 0.308 e. The van der Waals surface area contributed by atoms with Crippen LogP contribution in [0.5, 0.6) is 0 Å². The Labute approximate surface area is 139 Å². The van der Waals surface area contributed by atoms with Crippen LogP contribution in [0.4, 0.5) is 10.1 Å². The van der Waals surface area contributed by atoms with E-state index in [2.05, 4.69) is 0 Å². The van der Waals surface area contributed by atoms with E-state index in [0.29, 0.717) is 13.0 Å².